The predicted octanol–water partition coefficient (Wildman–Crippen LogP) is 5.81. The molecule has 0 spiro atoms. The van der Waals surface area contributed by atoms with Gasteiger partial charge in [-0.2, -0.15) is 52.7 Å². The lowest BCUT2D eigenvalue weighted by Gasteiger charge is -2.31. The van der Waals surface area contributed by atoms with Crippen LogP contribution in [0.5, 0.6) is 0 Å². The van der Waals surface area contributed by atoms with Crippen molar-refractivity contribution in [2.45, 2.75) is 49.1 Å². The zero-order valence-corrected chi connectivity index (χ0v) is 21.5. The first kappa shape index (κ1) is 33.1. The van der Waals surface area contributed by atoms with Gasteiger partial charge in [-0.15, -0.1) is 0 Å². The van der Waals surface area contributed by atoms with E-state index in [4.69, 9.17) is 0 Å². The molecular weight excluding hydrogens is 626 g/mol. The monoisotopic (exact) mass is 643 g/mol. The van der Waals surface area contributed by atoms with E-state index in [1.807, 2.05) is 5.32 Å². The second kappa shape index (κ2) is 10.7. The van der Waals surface area contributed by atoms with Crippen molar-refractivity contribution in [2.75, 3.05) is 12.0 Å². The first-order valence-electron chi connectivity index (χ1n) is 11.3. The van der Waals surface area contributed by atoms with Crippen LogP contribution in [0.3, 0.4) is 0 Å². The molecule has 2 atom stereocenters. The Kier molecular flexibility index (Phi) is 8.45. The molecule has 1 aromatic heterocycles. The molecule has 232 valence electrons. The van der Waals surface area contributed by atoms with Crippen LogP contribution < -0.4 is 5.32 Å². The Morgan fingerprint density at radius 1 is 0.905 bits per heavy atom. The second-order valence-corrected chi connectivity index (χ2v) is 11.5. The van der Waals surface area contributed by atoms with Crippen LogP contribution in [0.4, 0.5) is 52.7 Å². The molecule has 19 heteroatoms. The average molecular weight is 643 g/mol. The summed E-state index contributed by atoms with van der Waals surface area (Å²) in [6.07, 6.45) is -22.5. The number of alkyl halides is 12. The lowest BCUT2D eigenvalue weighted by atomic mass is 9.76. The summed E-state index contributed by atoms with van der Waals surface area (Å²) in [5.74, 6) is -2.18. The first-order valence-corrected chi connectivity index (χ1v) is 13.3. The van der Waals surface area contributed by atoms with E-state index in [0.717, 1.165) is 12.1 Å². The van der Waals surface area contributed by atoms with E-state index in [1.165, 1.54) is 0 Å². The number of rotatable bonds is 6. The molecule has 2 unspecified atom stereocenters. The number of aromatic nitrogens is 1. The summed E-state index contributed by atoms with van der Waals surface area (Å²) in [6.45, 7) is -0.832. The van der Waals surface area contributed by atoms with Crippen LogP contribution in [-0.4, -0.2) is 43.7 Å². The van der Waals surface area contributed by atoms with Crippen molar-refractivity contribution in [3.05, 3.63) is 64.0 Å². The number of pyridine rings is 1. The molecule has 3 rings (SSSR count). The van der Waals surface area contributed by atoms with Crippen molar-refractivity contribution in [2.24, 2.45) is 4.99 Å². The topological polar surface area (TPSA) is 88.5 Å². The Bertz CT molecular complexity index is 1460. The molecule has 1 N–H and O–H groups in total. The third-order valence-electron chi connectivity index (χ3n) is 6.11. The van der Waals surface area contributed by atoms with Gasteiger partial charge in [0.25, 0.3) is 0 Å². The minimum Gasteiger partial charge on any atom is -0.351 e. The summed E-state index contributed by atoms with van der Waals surface area (Å²) >= 11 is 0. The van der Waals surface area contributed by atoms with Crippen LogP contribution in [0.15, 0.2) is 35.3 Å². The Morgan fingerprint density at radius 2 is 1.45 bits per heavy atom. The number of carbonyl (C=O) groups excluding carboxylic acids is 1. The first-order chi connectivity index (χ1) is 18.8. The zero-order valence-electron chi connectivity index (χ0n) is 20.7. The lowest BCUT2D eigenvalue weighted by molar-refractivity contribution is -0.170. The summed E-state index contributed by atoms with van der Waals surface area (Å²) < 4.78 is 186. The third kappa shape index (κ3) is 7.33. The van der Waals surface area contributed by atoms with Crippen LogP contribution in [0.25, 0.3) is 0 Å². The molecule has 2 heterocycles. The molecule has 0 fully saturated rings. The van der Waals surface area contributed by atoms with Crippen molar-refractivity contribution in [3.63, 3.8) is 0 Å². The van der Waals surface area contributed by atoms with Crippen LogP contribution >= 0.6 is 0 Å². The van der Waals surface area contributed by atoms with Crippen molar-refractivity contribution in [1.82, 2.24) is 10.3 Å². The van der Waals surface area contributed by atoms with Crippen LogP contribution in [0, 0.1) is 0 Å². The number of amides is 1. The molecule has 1 aliphatic rings. The number of hydrogen-bond acceptors (Lipinski definition) is 5. The van der Waals surface area contributed by atoms with Gasteiger partial charge in [0.2, 0.25) is 5.91 Å². The van der Waals surface area contributed by atoms with Gasteiger partial charge in [0.05, 0.1) is 11.6 Å². The van der Waals surface area contributed by atoms with Gasteiger partial charge in [0, 0.05) is 19.0 Å². The van der Waals surface area contributed by atoms with Gasteiger partial charge in [0.1, 0.15) is 22.6 Å². The van der Waals surface area contributed by atoms with Gasteiger partial charge < -0.3 is 5.32 Å². The molecule has 0 saturated heterocycles. The highest BCUT2D eigenvalue weighted by Gasteiger charge is 2.59. The number of benzene rings is 1. The maximum atomic E-state index is 14.3. The van der Waals surface area contributed by atoms with E-state index in [-0.39, 0.29) is 18.3 Å². The molecular formula is C23H17F12N3O3S. The lowest BCUT2D eigenvalue weighted by Crippen LogP contribution is -2.43. The number of nitrogens with zero attached hydrogens (tertiary/aromatic N) is 2. The molecule has 1 aromatic carbocycles. The number of halogens is 12. The minimum atomic E-state index is -5.58. The number of aliphatic imine (C=N–C) groups is 1. The highest BCUT2D eigenvalue weighted by Crippen LogP contribution is 2.52. The summed E-state index contributed by atoms with van der Waals surface area (Å²) in [7, 11) is -3.82. The van der Waals surface area contributed by atoms with Crippen LogP contribution in [0.1, 0.15) is 46.1 Å². The Labute approximate surface area is 228 Å². The van der Waals surface area contributed by atoms with Gasteiger partial charge in [-0.25, -0.2) is 13.4 Å². The maximum Gasteiger partial charge on any atom is 0.433 e. The highest BCUT2D eigenvalue weighted by molar-refractivity contribution is 7.91. The minimum absolute atomic E-state index is 0.0554. The number of hydrogen-bond donors (Lipinski definition) is 1. The van der Waals surface area contributed by atoms with E-state index < -0.39 is 104 Å². The fourth-order valence-corrected chi connectivity index (χ4v) is 4.74. The predicted molar refractivity (Wildman–Crippen MR) is 121 cm³/mol. The third-order valence-corrected chi connectivity index (χ3v) is 6.90. The van der Waals surface area contributed by atoms with Gasteiger partial charge in [0.15, 0.2) is 9.84 Å². The summed E-state index contributed by atoms with van der Waals surface area (Å²) in [5, 5.41) is 1.96. The van der Waals surface area contributed by atoms with Crippen LogP contribution in [-0.2, 0) is 45.1 Å². The van der Waals surface area contributed by atoms with E-state index in [0.29, 0.717) is 12.3 Å². The molecule has 2 aromatic rings. The Hall–Kier alpha value is -3.38. The molecule has 6 nitrogen and oxygen atoms in total. The van der Waals surface area contributed by atoms with Crippen molar-refractivity contribution in [1.29, 1.82) is 0 Å². The second-order valence-electron chi connectivity index (χ2n) is 9.35. The van der Waals surface area contributed by atoms with E-state index >= 15 is 0 Å². The maximum absolute atomic E-state index is 14.3. The van der Waals surface area contributed by atoms with E-state index in [1.54, 1.807) is 0 Å². The van der Waals surface area contributed by atoms with Crippen LogP contribution in [0.2, 0.25) is 0 Å². The van der Waals surface area contributed by atoms with Crippen molar-refractivity contribution in [3.8, 4) is 0 Å². The number of nitrogens with one attached hydrogen (secondary N) is 1. The van der Waals surface area contributed by atoms with Gasteiger partial charge in [-0.1, -0.05) is 12.1 Å². The van der Waals surface area contributed by atoms with Crippen molar-refractivity contribution < 1.29 is 65.9 Å². The highest BCUT2D eigenvalue weighted by atomic mass is 32.2. The quantitative estimate of drug-likeness (QED) is 0.403. The smallest absolute Gasteiger partial charge is 0.351 e. The van der Waals surface area contributed by atoms with Gasteiger partial charge in [-0.3, -0.25) is 9.79 Å². The largest absolute Gasteiger partial charge is 0.433 e. The summed E-state index contributed by atoms with van der Waals surface area (Å²) in [6, 6.07) is -0.213. The molecule has 0 bridgehead atoms. The van der Waals surface area contributed by atoms with E-state index in [2.05, 4.69) is 9.98 Å². The normalized spacial score (nSPS) is 20.2. The standard InChI is InChI=1S/C23H17F12N3O3S/c1-42(40,41)9-18(39)36-8-12-3-2-11(4-14(12)20(24,25)26)15-7-19(10-37-15,23(33,34)35)13-5-16(21(27,28)29)38-17(6-13)22(30,31)32/h2-6,10,15H,7-9H2,1H3,(H,36,39). The average Bonchev–Trinajstić information content (AvgIpc) is 3.27. The van der Waals surface area contributed by atoms with Crippen molar-refractivity contribution >= 4 is 22.0 Å². The van der Waals surface area contributed by atoms with Gasteiger partial charge >= 0.3 is 24.7 Å². The zero-order chi connectivity index (χ0) is 32.1. The fraction of sp³-hybridized carbons (Fsp3) is 0.435. The van der Waals surface area contributed by atoms with E-state index in [9.17, 15) is 65.9 Å². The fourth-order valence-electron chi connectivity index (χ4n) is 4.16. The molecule has 1 amide bonds. The molecule has 1 aliphatic heterocycles. The summed E-state index contributed by atoms with van der Waals surface area (Å²) in [5.41, 5.74) is -12.2. The Balaban J connectivity index is 2.05. The Morgan fingerprint density at radius 3 is 1.90 bits per heavy atom. The number of sulfone groups is 1. The molecule has 0 saturated carbocycles. The number of carbonyl (C=O) groups is 1. The summed E-state index contributed by atoms with van der Waals surface area (Å²) in [4.78, 5) is 17.6. The SMILES string of the molecule is CS(=O)(=O)CC(=O)NCc1ccc(C2CC(c3cc(C(F)(F)F)nc(C(F)(F)F)c3)(C(F)(F)F)C=N2)cc1C(F)(F)F. The molecule has 0 aliphatic carbocycles. The van der Waals surface area contributed by atoms with Gasteiger partial charge in [-0.05, 0) is 41.3 Å². The molecule has 0 radical (unpaired) electrons. The molecule has 42 heavy (non-hydrogen) atoms.